The normalized spacial score (nSPS) is 13.6. The zero-order valence-electron chi connectivity index (χ0n) is 9.56. The molecule has 5 nitrogen and oxygen atoms in total. The van der Waals surface area contributed by atoms with Gasteiger partial charge in [-0.05, 0) is 13.3 Å². The Morgan fingerprint density at radius 1 is 1.40 bits per heavy atom. The van der Waals surface area contributed by atoms with Crippen LogP contribution in [0.1, 0.15) is 19.8 Å². The van der Waals surface area contributed by atoms with Gasteiger partial charge in [-0.2, -0.15) is 0 Å². The van der Waals surface area contributed by atoms with Crippen molar-refractivity contribution >= 4 is 15.7 Å². The summed E-state index contributed by atoms with van der Waals surface area (Å²) in [6.45, 7) is 1.66. The van der Waals surface area contributed by atoms with Gasteiger partial charge in [0.15, 0.2) is 9.84 Å². The Bertz CT molecular complexity index is 296. The number of nitrogens with zero attached hydrogens (tertiary/aromatic N) is 1. The van der Waals surface area contributed by atoms with Crippen molar-refractivity contribution in [3.8, 4) is 0 Å². The molecule has 0 radical (unpaired) electrons. The Morgan fingerprint density at radius 3 is 2.33 bits per heavy atom. The summed E-state index contributed by atoms with van der Waals surface area (Å²) in [5, 5.41) is 0. The number of hydrogen-bond acceptors (Lipinski definition) is 4. The Labute approximate surface area is 91.5 Å². The average Bonchev–Trinajstić information content (AvgIpc) is 2.00. The van der Waals surface area contributed by atoms with Gasteiger partial charge in [0, 0.05) is 26.6 Å². The van der Waals surface area contributed by atoms with Crippen LogP contribution in [-0.4, -0.2) is 50.9 Å². The molecule has 0 saturated heterocycles. The second-order valence-corrected chi connectivity index (χ2v) is 6.21. The third kappa shape index (κ3) is 7.33. The molecule has 0 aromatic rings. The van der Waals surface area contributed by atoms with Gasteiger partial charge in [-0.1, -0.05) is 0 Å². The molecule has 1 unspecified atom stereocenters. The van der Waals surface area contributed by atoms with Crippen molar-refractivity contribution in [3.63, 3.8) is 0 Å². The van der Waals surface area contributed by atoms with E-state index in [1.165, 1.54) is 4.90 Å². The van der Waals surface area contributed by atoms with Crippen molar-refractivity contribution in [2.45, 2.75) is 25.8 Å². The Kier molecular flexibility index (Phi) is 5.82. The Morgan fingerprint density at radius 2 is 1.93 bits per heavy atom. The predicted octanol–water partition coefficient (Wildman–Crippen LogP) is -0.383. The van der Waals surface area contributed by atoms with Crippen molar-refractivity contribution < 1.29 is 13.2 Å². The van der Waals surface area contributed by atoms with Gasteiger partial charge in [-0.15, -0.1) is 0 Å². The Balaban J connectivity index is 3.91. The lowest BCUT2D eigenvalue weighted by molar-refractivity contribution is -0.128. The first kappa shape index (κ1) is 14.4. The molecule has 0 aromatic carbocycles. The molecule has 0 aliphatic heterocycles. The van der Waals surface area contributed by atoms with Gasteiger partial charge >= 0.3 is 0 Å². The number of sulfone groups is 1. The van der Waals surface area contributed by atoms with Crippen molar-refractivity contribution in [1.82, 2.24) is 4.90 Å². The molecule has 1 amide bonds. The fourth-order valence-corrected chi connectivity index (χ4v) is 2.70. The van der Waals surface area contributed by atoms with Crippen molar-refractivity contribution in [3.05, 3.63) is 0 Å². The van der Waals surface area contributed by atoms with Gasteiger partial charge in [0.25, 0.3) is 0 Å². The maximum absolute atomic E-state index is 11.4. The molecule has 15 heavy (non-hydrogen) atoms. The summed E-state index contributed by atoms with van der Waals surface area (Å²) in [5.74, 6) is -0.0249. The van der Waals surface area contributed by atoms with Crippen LogP contribution in [0.15, 0.2) is 0 Å². The molecule has 0 spiro atoms. The topological polar surface area (TPSA) is 80.5 Å². The molecule has 0 saturated carbocycles. The Hall–Kier alpha value is -0.620. The van der Waals surface area contributed by atoms with E-state index in [4.69, 9.17) is 5.73 Å². The highest BCUT2D eigenvalue weighted by Gasteiger charge is 2.14. The van der Waals surface area contributed by atoms with Crippen LogP contribution in [0.4, 0.5) is 0 Å². The summed E-state index contributed by atoms with van der Waals surface area (Å²) in [6, 6.07) is -0.348. The lowest BCUT2D eigenvalue weighted by Gasteiger charge is -2.10. The summed E-state index contributed by atoms with van der Waals surface area (Å²) >= 11 is 0. The van der Waals surface area contributed by atoms with Crippen LogP contribution >= 0.6 is 0 Å². The van der Waals surface area contributed by atoms with Crippen molar-refractivity contribution in [1.29, 1.82) is 0 Å². The van der Waals surface area contributed by atoms with E-state index in [1.807, 2.05) is 0 Å². The molecule has 0 heterocycles. The minimum Gasteiger partial charge on any atom is -0.349 e. The third-order valence-electron chi connectivity index (χ3n) is 1.86. The van der Waals surface area contributed by atoms with Crippen LogP contribution in [-0.2, 0) is 14.6 Å². The molecule has 0 aliphatic carbocycles. The van der Waals surface area contributed by atoms with Crippen molar-refractivity contribution in [2.24, 2.45) is 5.73 Å². The zero-order valence-corrected chi connectivity index (χ0v) is 10.4. The van der Waals surface area contributed by atoms with E-state index in [-0.39, 0.29) is 29.9 Å². The van der Waals surface area contributed by atoms with E-state index in [0.29, 0.717) is 6.42 Å². The maximum atomic E-state index is 11.4. The first-order valence-electron chi connectivity index (χ1n) is 4.91. The lowest BCUT2D eigenvalue weighted by atomic mass is 10.3. The molecule has 0 aromatic heterocycles. The van der Waals surface area contributed by atoms with Crippen LogP contribution in [0.3, 0.4) is 0 Å². The standard InChI is InChI=1S/C9H20N2O3S/c1-8(10)7-15(13,14)6-4-5-9(12)11(2)3/h8H,4-7,10H2,1-3H3. The van der Waals surface area contributed by atoms with Crippen molar-refractivity contribution in [2.75, 3.05) is 25.6 Å². The van der Waals surface area contributed by atoms with Gasteiger partial charge in [-0.25, -0.2) is 8.42 Å². The number of rotatable bonds is 6. The number of amides is 1. The second-order valence-electron chi connectivity index (χ2n) is 3.98. The summed E-state index contributed by atoms with van der Waals surface area (Å²) in [6.07, 6.45) is 0.636. The average molecular weight is 236 g/mol. The van der Waals surface area contributed by atoms with Gasteiger partial charge in [0.2, 0.25) is 5.91 Å². The van der Waals surface area contributed by atoms with E-state index < -0.39 is 9.84 Å². The van der Waals surface area contributed by atoms with Gasteiger partial charge in [0.05, 0.1) is 11.5 Å². The van der Waals surface area contributed by atoms with Gasteiger partial charge in [0.1, 0.15) is 0 Å². The number of nitrogens with two attached hydrogens (primary N) is 1. The van der Waals surface area contributed by atoms with Crippen LogP contribution < -0.4 is 5.73 Å². The smallest absolute Gasteiger partial charge is 0.222 e. The third-order valence-corrected chi connectivity index (χ3v) is 3.81. The van der Waals surface area contributed by atoms with E-state index >= 15 is 0 Å². The molecule has 6 heteroatoms. The van der Waals surface area contributed by atoms with Crippen LogP contribution in [0.2, 0.25) is 0 Å². The van der Waals surface area contributed by atoms with E-state index in [1.54, 1.807) is 21.0 Å². The highest BCUT2D eigenvalue weighted by Crippen LogP contribution is 2.00. The molecule has 0 rings (SSSR count). The second kappa shape index (κ2) is 6.07. The highest BCUT2D eigenvalue weighted by molar-refractivity contribution is 7.91. The monoisotopic (exact) mass is 236 g/mol. The van der Waals surface area contributed by atoms with Gasteiger partial charge < -0.3 is 10.6 Å². The van der Waals surface area contributed by atoms with Crippen LogP contribution in [0.5, 0.6) is 0 Å². The fraction of sp³-hybridized carbons (Fsp3) is 0.889. The number of hydrogen-bond donors (Lipinski definition) is 1. The maximum Gasteiger partial charge on any atom is 0.222 e. The molecular weight excluding hydrogens is 216 g/mol. The first-order chi connectivity index (χ1) is 6.74. The van der Waals surface area contributed by atoms with Gasteiger partial charge in [-0.3, -0.25) is 4.79 Å². The summed E-state index contributed by atoms with van der Waals surface area (Å²) in [7, 11) is 0.205. The van der Waals surface area contributed by atoms with Crippen LogP contribution in [0, 0.1) is 0 Å². The quantitative estimate of drug-likeness (QED) is 0.681. The minimum atomic E-state index is -3.10. The molecule has 0 bridgehead atoms. The summed E-state index contributed by atoms with van der Waals surface area (Å²) in [4.78, 5) is 12.6. The molecule has 0 aliphatic rings. The molecule has 0 fully saturated rings. The predicted molar refractivity (Wildman–Crippen MR) is 60.2 cm³/mol. The number of carbonyl (C=O) groups excluding carboxylic acids is 1. The largest absolute Gasteiger partial charge is 0.349 e. The molecule has 2 N–H and O–H groups in total. The molecule has 90 valence electrons. The number of carbonyl (C=O) groups is 1. The van der Waals surface area contributed by atoms with E-state index in [2.05, 4.69) is 0 Å². The summed E-state index contributed by atoms with van der Waals surface area (Å²) < 4.78 is 22.8. The summed E-state index contributed by atoms with van der Waals surface area (Å²) in [5.41, 5.74) is 5.40. The SMILES string of the molecule is CC(N)CS(=O)(=O)CCCC(=O)N(C)C. The fourth-order valence-electron chi connectivity index (χ4n) is 1.15. The molecule has 1 atom stereocenters. The molecular formula is C9H20N2O3S. The highest BCUT2D eigenvalue weighted by atomic mass is 32.2. The van der Waals surface area contributed by atoms with E-state index in [9.17, 15) is 13.2 Å². The van der Waals surface area contributed by atoms with Crippen LogP contribution in [0.25, 0.3) is 0 Å². The van der Waals surface area contributed by atoms with E-state index in [0.717, 1.165) is 0 Å². The first-order valence-corrected chi connectivity index (χ1v) is 6.73. The zero-order chi connectivity index (χ0) is 12.1. The lowest BCUT2D eigenvalue weighted by Crippen LogP contribution is -2.28. The minimum absolute atomic E-state index is 0.0108.